The van der Waals surface area contributed by atoms with Gasteiger partial charge in [-0.15, -0.1) is 0 Å². The Morgan fingerprint density at radius 1 is 0.963 bits per heavy atom. The minimum Gasteiger partial charge on any atom is -0.493 e. The van der Waals surface area contributed by atoms with Crippen LogP contribution in [0.15, 0.2) is 41.5 Å². The van der Waals surface area contributed by atoms with Crippen molar-refractivity contribution in [1.82, 2.24) is 5.43 Å². The molecule has 0 heterocycles. The van der Waals surface area contributed by atoms with E-state index < -0.39 is 11.8 Å². The van der Waals surface area contributed by atoms with Crippen LogP contribution in [0.3, 0.4) is 0 Å². The zero-order valence-corrected chi connectivity index (χ0v) is 15.7. The largest absolute Gasteiger partial charge is 0.493 e. The first-order valence-corrected chi connectivity index (χ1v) is 8.06. The van der Waals surface area contributed by atoms with Crippen molar-refractivity contribution in [1.29, 1.82) is 0 Å². The summed E-state index contributed by atoms with van der Waals surface area (Å²) in [6.07, 6.45) is 1.35. The van der Waals surface area contributed by atoms with Gasteiger partial charge in [0, 0.05) is 16.3 Å². The molecule has 2 aromatic carbocycles. The maximum absolute atomic E-state index is 11.8. The van der Waals surface area contributed by atoms with Crippen molar-refractivity contribution in [3.8, 4) is 17.2 Å². The average molecular weight is 392 g/mol. The quantitative estimate of drug-likeness (QED) is 0.447. The van der Waals surface area contributed by atoms with Crippen molar-refractivity contribution < 1.29 is 23.8 Å². The molecule has 0 bridgehead atoms. The van der Waals surface area contributed by atoms with Gasteiger partial charge < -0.3 is 19.5 Å². The van der Waals surface area contributed by atoms with Crippen LogP contribution in [0.5, 0.6) is 17.2 Å². The van der Waals surface area contributed by atoms with Gasteiger partial charge in [0.1, 0.15) is 0 Å². The van der Waals surface area contributed by atoms with E-state index in [2.05, 4.69) is 15.8 Å². The Balaban J connectivity index is 2.02. The fourth-order valence-electron chi connectivity index (χ4n) is 2.11. The van der Waals surface area contributed by atoms with Crippen molar-refractivity contribution in [2.45, 2.75) is 0 Å². The molecule has 0 saturated carbocycles. The number of carbonyl (C=O) groups excluding carboxylic acids is 2. The number of ether oxygens (including phenoxy) is 3. The molecular weight excluding hydrogens is 374 g/mol. The van der Waals surface area contributed by atoms with Crippen LogP contribution in [0.1, 0.15) is 5.56 Å². The summed E-state index contributed by atoms with van der Waals surface area (Å²) in [7, 11) is 4.47. The first kappa shape index (κ1) is 20.1. The Morgan fingerprint density at radius 3 is 2.07 bits per heavy atom. The second-order valence-electron chi connectivity index (χ2n) is 5.12. The summed E-state index contributed by atoms with van der Waals surface area (Å²) in [6.45, 7) is 0. The molecular formula is C18H18ClN3O5. The van der Waals surface area contributed by atoms with E-state index in [1.54, 1.807) is 36.4 Å². The molecule has 2 rings (SSSR count). The summed E-state index contributed by atoms with van der Waals surface area (Å²) in [5.41, 5.74) is 3.16. The zero-order chi connectivity index (χ0) is 19.8. The number of methoxy groups -OCH3 is 3. The number of nitrogens with zero attached hydrogens (tertiary/aromatic N) is 1. The number of hydrazone groups is 1. The van der Waals surface area contributed by atoms with Crippen LogP contribution in [0, 0.1) is 0 Å². The summed E-state index contributed by atoms with van der Waals surface area (Å²) in [5.74, 6) is -0.480. The maximum Gasteiger partial charge on any atom is 0.329 e. The van der Waals surface area contributed by atoms with Gasteiger partial charge in [-0.3, -0.25) is 9.59 Å². The van der Waals surface area contributed by atoms with Gasteiger partial charge in [-0.05, 0) is 36.4 Å². The minimum absolute atomic E-state index is 0.434. The van der Waals surface area contributed by atoms with Crippen LogP contribution >= 0.6 is 11.6 Å². The second kappa shape index (κ2) is 9.44. The Kier molecular flexibility index (Phi) is 7.01. The van der Waals surface area contributed by atoms with Gasteiger partial charge in [0.25, 0.3) is 0 Å². The van der Waals surface area contributed by atoms with E-state index in [1.807, 2.05) is 0 Å². The van der Waals surface area contributed by atoms with Crippen molar-refractivity contribution in [3.63, 3.8) is 0 Å². The summed E-state index contributed by atoms with van der Waals surface area (Å²) in [4.78, 5) is 23.7. The van der Waals surface area contributed by atoms with Gasteiger partial charge in [-0.2, -0.15) is 5.10 Å². The molecule has 8 nitrogen and oxygen atoms in total. The van der Waals surface area contributed by atoms with Crippen LogP contribution in [-0.2, 0) is 9.59 Å². The Bertz CT molecular complexity index is 828. The van der Waals surface area contributed by atoms with E-state index in [0.717, 1.165) is 0 Å². The van der Waals surface area contributed by atoms with Crippen molar-refractivity contribution >= 4 is 35.3 Å². The van der Waals surface area contributed by atoms with Crippen LogP contribution in [0.4, 0.5) is 5.69 Å². The number of carbonyl (C=O) groups is 2. The molecule has 0 aromatic heterocycles. The first-order valence-electron chi connectivity index (χ1n) is 7.68. The van der Waals surface area contributed by atoms with Gasteiger partial charge >= 0.3 is 11.8 Å². The number of anilines is 1. The number of rotatable bonds is 6. The second-order valence-corrected chi connectivity index (χ2v) is 5.56. The molecule has 0 spiro atoms. The Morgan fingerprint density at radius 2 is 1.56 bits per heavy atom. The molecule has 0 aliphatic carbocycles. The number of halogens is 1. The van der Waals surface area contributed by atoms with Crippen molar-refractivity contribution in [2.75, 3.05) is 26.6 Å². The van der Waals surface area contributed by atoms with Gasteiger partial charge in [0.15, 0.2) is 11.5 Å². The highest BCUT2D eigenvalue weighted by atomic mass is 35.5. The Labute approximate surface area is 161 Å². The highest BCUT2D eigenvalue weighted by Crippen LogP contribution is 2.37. The summed E-state index contributed by atoms with van der Waals surface area (Å²) in [5, 5.41) is 6.72. The topological polar surface area (TPSA) is 98.2 Å². The summed E-state index contributed by atoms with van der Waals surface area (Å²) < 4.78 is 15.7. The smallest absolute Gasteiger partial charge is 0.329 e. The summed E-state index contributed by atoms with van der Waals surface area (Å²) in [6, 6.07) is 9.63. The Hall–Kier alpha value is -3.26. The normalized spacial score (nSPS) is 10.4. The van der Waals surface area contributed by atoms with Gasteiger partial charge in [-0.25, -0.2) is 5.43 Å². The predicted octanol–water partition coefficient (Wildman–Crippen LogP) is 2.45. The highest BCUT2D eigenvalue weighted by Gasteiger charge is 2.14. The molecule has 0 aliphatic rings. The standard InChI is InChI=1S/C18H18ClN3O5/c1-25-14-8-11(9-15(26-2)16(14)27-3)10-20-22-18(24)17(23)21-13-6-4-12(19)5-7-13/h4-10H,1-3H3,(H,21,23)(H,22,24)/b20-10-. The van der Waals surface area contributed by atoms with Gasteiger partial charge in [0.2, 0.25) is 5.75 Å². The lowest BCUT2D eigenvalue weighted by molar-refractivity contribution is -0.136. The number of nitrogens with one attached hydrogen (secondary N) is 2. The van der Waals surface area contributed by atoms with E-state index in [1.165, 1.54) is 27.5 Å². The van der Waals surface area contributed by atoms with E-state index in [4.69, 9.17) is 25.8 Å². The number of benzene rings is 2. The van der Waals surface area contributed by atoms with Crippen LogP contribution in [-0.4, -0.2) is 39.4 Å². The molecule has 0 atom stereocenters. The lowest BCUT2D eigenvalue weighted by atomic mass is 10.2. The SMILES string of the molecule is COc1cc(/C=N\NC(=O)C(=O)Nc2ccc(Cl)cc2)cc(OC)c1OC. The molecule has 0 saturated heterocycles. The maximum atomic E-state index is 11.8. The first-order chi connectivity index (χ1) is 13.0. The third-order valence-corrected chi connectivity index (χ3v) is 3.63. The van der Waals surface area contributed by atoms with E-state index in [9.17, 15) is 9.59 Å². The molecule has 0 aliphatic heterocycles. The highest BCUT2D eigenvalue weighted by molar-refractivity contribution is 6.39. The molecule has 0 unspecified atom stereocenters. The summed E-state index contributed by atoms with van der Waals surface area (Å²) >= 11 is 5.76. The molecule has 0 radical (unpaired) electrons. The lowest BCUT2D eigenvalue weighted by Crippen LogP contribution is -2.32. The van der Waals surface area contributed by atoms with E-state index >= 15 is 0 Å². The van der Waals surface area contributed by atoms with Crippen LogP contribution in [0.25, 0.3) is 0 Å². The van der Waals surface area contributed by atoms with E-state index in [0.29, 0.717) is 33.5 Å². The predicted molar refractivity (Wildman–Crippen MR) is 102 cm³/mol. The zero-order valence-electron chi connectivity index (χ0n) is 14.9. The third kappa shape index (κ3) is 5.35. The fourth-order valence-corrected chi connectivity index (χ4v) is 2.24. The molecule has 2 aromatic rings. The molecule has 2 amide bonds. The monoisotopic (exact) mass is 391 g/mol. The molecule has 27 heavy (non-hydrogen) atoms. The number of amides is 2. The molecule has 9 heteroatoms. The van der Waals surface area contributed by atoms with Crippen LogP contribution < -0.4 is 25.0 Å². The van der Waals surface area contributed by atoms with Gasteiger partial charge in [0.05, 0.1) is 27.5 Å². The third-order valence-electron chi connectivity index (χ3n) is 3.38. The molecule has 0 fully saturated rings. The molecule has 2 N–H and O–H groups in total. The van der Waals surface area contributed by atoms with E-state index in [-0.39, 0.29) is 0 Å². The minimum atomic E-state index is -0.923. The number of hydrogen-bond donors (Lipinski definition) is 2. The van der Waals surface area contributed by atoms with Crippen LogP contribution in [0.2, 0.25) is 5.02 Å². The van der Waals surface area contributed by atoms with Gasteiger partial charge in [-0.1, -0.05) is 11.6 Å². The van der Waals surface area contributed by atoms with Crippen molar-refractivity contribution in [2.24, 2.45) is 5.10 Å². The fraction of sp³-hybridized carbons (Fsp3) is 0.167. The lowest BCUT2D eigenvalue weighted by Gasteiger charge is -2.12. The average Bonchev–Trinajstić information content (AvgIpc) is 2.68. The number of hydrogen-bond acceptors (Lipinski definition) is 6. The van der Waals surface area contributed by atoms with Crippen molar-refractivity contribution in [3.05, 3.63) is 47.0 Å². The molecule has 142 valence electrons.